The molecule has 0 aliphatic carbocycles. The molecule has 2 aromatic rings. The number of carbonyl (C=O) groups is 4. The zero-order valence-electron chi connectivity index (χ0n) is 16.7. The van der Waals surface area contributed by atoms with Gasteiger partial charge < -0.3 is 25.4 Å². The summed E-state index contributed by atoms with van der Waals surface area (Å²) in [5.41, 5.74) is 1.68. The second kappa shape index (κ2) is 11.2. The van der Waals surface area contributed by atoms with Crippen LogP contribution >= 0.6 is 0 Å². The van der Waals surface area contributed by atoms with E-state index in [-0.39, 0.29) is 24.7 Å². The van der Waals surface area contributed by atoms with E-state index in [1.165, 1.54) is 14.0 Å². The second-order valence-corrected chi connectivity index (χ2v) is 6.24. The second-order valence-electron chi connectivity index (χ2n) is 6.24. The quantitative estimate of drug-likeness (QED) is 0.543. The van der Waals surface area contributed by atoms with E-state index in [4.69, 9.17) is 9.47 Å². The molecular weight excluding hydrogens is 390 g/mol. The van der Waals surface area contributed by atoms with E-state index in [0.717, 1.165) is 0 Å². The maximum atomic E-state index is 11.9. The fourth-order valence-electron chi connectivity index (χ4n) is 2.37. The smallest absolute Gasteiger partial charge is 0.306 e. The van der Waals surface area contributed by atoms with Crippen LogP contribution in [0.2, 0.25) is 0 Å². The lowest BCUT2D eigenvalue weighted by molar-refractivity contribution is -0.147. The Bertz CT molecular complexity index is 894. The maximum Gasteiger partial charge on any atom is 0.306 e. The van der Waals surface area contributed by atoms with Gasteiger partial charge in [0.05, 0.1) is 13.5 Å². The molecule has 2 aromatic carbocycles. The maximum absolute atomic E-state index is 11.9. The molecule has 0 bridgehead atoms. The van der Waals surface area contributed by atoms with Crippen LogP contribution in [0, 0.1) is 0 Å². The molecule has 0 unspecified atom stereocenters. The monoisotopic (exact) mass is 413 g/mol. The Morgan fingerprint density at radius 1 is 0.733 bits per heavy atom. The lowest BCUT2D eigenvalue weighted by Crippen LogP contribution is -2.21. The first-order valence-corrected chi connectivity index (χ1v) is 9.13. The normalized spacial score (nSPS) is 9.93. The van der Waals surface area contributed by atoms with Gasteiger partial charge in [0, 0.05) is 30.4 Å². The number of nitrogens with one attached hydrogen (secondary N) is 3. The molecule has 9 nitrogen and oxygen atoms in total. The van der Waals surface area contributed by atoms with Gasteiger partial charge in [0.2, 0.25) is 11.8 Å². The van der Waals surface area contributed by atoms with Crippen LogP contribution in [0.15, 0.2) is 48.5 Å². The number of carbonyl (C=O) groups excluding carboxylic acids is 4. The van der Waals surface area contributed by atoms with Crippen LogP contribution in [0.3, 0.4) is 0 Å². The lowest BCUT2D eigenvalue weighted by Gasteiger charge is -2.08. The minimum absolute atomic E-state index is 0.0909. The van der Waals surface area contributed by atoms with Gasteiger partial charge in [-0.25, -0.2) is 0 Å². The predicted molar refractivity (Wildman–Crippen MR) is 111 cm³/mol. The van der Waals surface area contributed by atoms with Crippen LogP contribution < -0.4 is 20.7 Å². The zero-order chi connectivity index (χ0) is 21.9. The van der Waals surface area contributed by atoms with Crippen molar-refractivity contribution in [1.29, 1.82) is 0 Å². The number of benzene rings is 2. The van der Waals surface area contributed by atoms with E-state index in [0.29, 0.717) is 22.8 Å². The van der Waals surface area contributed by atoms with Crippen molar-refractivity contribution < 1.29 is 28.7 Å². The summed E-state index contributed by atoms with van der Waals surface area (Å²) in [4.78, 5) is 46.5. The number of methoxy groups -OCH3 is 1. The first-order chi connectivity index (χ1) is 14.4. The molecule has 0 fully saturated rings. The van der Waals surface area contributed by atoms with E-state index < -0.39 is 18.5 Å². The van der Waals surface area contributed by atoms with Gasteiger partial charge in [-0.1, -0.05) is 0 Å². The molecule has 0 aromatic heterocycles. The summed E-state index contributed by atoms with van der Waals surface area (Å²) in [6, 6.07) is 13.2. The fourth-order valence-corrected chi connectivity index (χ4v) is 2.37. The largest absolute Gasteiger partial charge is 0.497 e. The van der Waals surface area contributed by atoms with Crippen molar-refractivity contribution in [3.8, 4) is 5.75 Å². The molecule has 30 heavy (non-hydrogen) atoms. The molecule has 0 aliphatic heterocycles. The van der Waals surface area contributed by atoms with E-state index in [2.05, 4.69) is 16.0 Å². The summed E-state index contributed by atoms with van der Waals surface area (Å²) in [5.74, 6) is -1.06. The third-order valence-corrected chi connectivity index (χ3v) is 3.78. The minimum atomic E-state index is -0.656. The van der Waals surface area contributed by atoms with Crippen LogP contribution in [0.5, 0.6) is 5.75 Å². The molecule has 0 spiro atoms. The summed E-state index contributed by atoms with van der Waals surface area (Å²) < 4.78 is 9.90. The van der Waals surface area contributed by atoms with Gasteiger partial charge >= 0.3 is 5.97 Å². The Hall–Kier alpha value is -3.88. The summed E-state index contributed by atoms with van der Waals surface area (Å²) in [5, 5.41) is 7.84. The van der Waals surface area contributed by atoms with E-state index >= 15 is 0 Å². The fraction of sp³-hybridized carbons (Fsp3) is 0.238. The lowest BCUT2D eigenvalue weighted by atomic mass is 10.2. The Kier molecular flexibility index (Phi) is 8.37. The van der Waals surface area contributed by atoms with Crippen molar-refractivity contribution in [1.82, 2.24) is 0 Å². The van der Waals surface area contributed by atoms with Crippen molar-refractivity contribution in [2.75, 3.05) is 29.7 Å². The number of amides is 3. The molecule has 0 saturated carbocycles. The Balaban J connectivity index is 1.67. The van der Waals surface area contributed by atoms with E-state index in [9.17, 15) is 19.2 Å². The number of esters is 1. The third kappa shape index (κ3) is 8.01. The van der Waals surface area contributed by atoms with Crippen LogP contribution in [0.1, 0.15) is 19.8 Å². The van der Waals surface area contributed by atoms with Crippen LogP contribution in [-0.2, 0) is 23.9 Å². The van der Waals surface area contributed by atoms with Crippen molar-refractivity contribution in [2.45, 2.75) is 19.8 Å². The van der Waals surface area contributed by atoms with Crippen molar-refractivity contribution in [3.05, 3.63) is 48.5 Å². The average molecular weight is 413 g/mol. The van der Waals surface area contributed by atoms with Gasteiger partial charge in [-0.3, -0.25) is 19.2 Å². The number of rotatable bonds is 9. The summed E-state index contributed by atoms with van der Waals surface area (Å²) in [7, 11) is 1.54. The Morgan fingerprint density at radius 3 is 1.77 bits per heavy atom. The SMILES string of the molecule is COc1ccc(NC(=O)COC(=O)CCC(=O)Nc2ccc(NC(C)=O)cc2)cc1. The molecule has 0 radical (unpaired) electrons. The summed E-state index contributed by atoms with van der Waals surface area (Å²) in [6.45, 7) is 0.953. The first-order valence-electron chi connectivity index (χ1n) is 9.13. The standard InChI is InChI=1S/C21H23N3O6/c1-14(25)22-15-3-5-16(6-4-15)23-19(26)11-12-21(28)30-13-20(27)24-17-7-9-18(29-2)10-8-17/h3-10H,11-13H2,1-2H3,(H,22,25)(H,23,26)(H,24,27). The number of hydrogen-bond acceptors (Lipinski definition) is 6. The van der Waals surface area contributed by atoms with Gasteiger partial charge in [0.15, 0.2) is 6.61 Å². The number of anilines is 3. The highest BCUT2D eigenvalue weighted by Crippen LogP contribution is 2.15. The minimum Gasteiger partial charge on any atom is -0.497 e. The Morgan fingerprint density at radius 2 is 1.23 bits per heavy atom. The summed E-state index contributed by atoms with van der Waals surface area (Å²) in [6.07, 6.45) is -0.252. The predicted octanol–water partition coefficient (Wildman–Crippen LogP) is 2.55. The molecule has 158 valence electrons. The van der Waals surface area contributed by atoms with Crippen molar-refractivity contribution in [2.24, 2.45) is 0 Å². The van der Waals surface area contributed by atoms with Gasteiger partial charge in [0.25, 0.3) is 5.91 Å². The van der Waals surface area contributed by atoms with Crippen LogP contribution in [0.25, 0.3) is 0 Å². The molecule has 2 rings (SSSR count). The van der Waals surface area contributed by atoms with Gasteiger partial charge in [0.1, 0.15) is 5.75 Å². The Labute approximate surface area is 173 Å². The van der Waals surface area contributed by atoms with E-state index in [1.807, 2.05) is 0 Å². The number of ether oxygens (including phenoxy) is 2. The first kappa shape index (κ1) is 22.4. The zero-order valence-corrected chi connectivity index (χ0v) is 16.7. The van der Waals surface area contributed by atoms with Gasteiger partial charge in [-0.15, -0.1) is 0 Å². The highest BCUT2D eigenvalue weighted by atomic mass is 16.5. The molecule has 3 N–H and O–H groups in total. The molecule has 0 aliphatic rings. The molecule has 0 saturated heterocycles. The average Bonchev–Trinajstić information content (AvgIpc) is 2.72. The van der Waals surface area contributed by atoms with Crippen molar-refractivity contribution >= 4 is 40.8 Å². The molecule has 0 heterocycles. The molecule has 9 heteroatoms. The van der Waals surface area contributed by atoms with Crippen molar-refractivity contribution in [3.63, 3.8) is 0 Å². The molecule has 3 amide bonds. The molecule has 0 atom stereocenters. The van der Waals surface area contributed by atoms with Crippen LogP contribution in [-0.4, -0.2) is 37.4 Å². The topological polar surface area (TPSA) is 123 Å². The van der Waals surface area contributed by atoms with Gasteiger partial charge in [-0.05, 0) is 48.5 Å². The van der Waals surface area contributed by atoms with Crippen LogP contribution in [0.4, 0.5) is 17.1 Å². The highest BCUT2D eigenvalue weighted by molar-refractivity contribution is 5.95. The molecular formula is C21H23N3O6. The van der Waals surface area contributed by atoms with Gasteiger partial charge in [-0.2, -0.15) is 0 Å². The highest BCUT2D eigenvalue weighted by Gasteiger charge is 2.11. The summed E-state index contributed by atoms with van der Waals surface area (Å²) >= 11 is 0. The third-order valence-electron chi connectivity index (χ3n) is 3.78. The number of hydrogen-bond donors (Lipinski definition) is 3. The van der Waals surface area contributed by atoms with E-state index in [1.54, 1.807) is 48.5 Å².